The molecule has 2 N–H and O–H groups in total. The number of aromatic nitrogens is 1. The fourth-order valence-corrected chi connectivity index (χ4v) is 4.49. The van der Waals surface area contributed by atoms with Crippen LogP contribution in [0.15, 0.2) is 36.4 Å². The van der Waals surface area contributed by atoms with Gasteiger partial charge in [0.15, 0.2) is 0 Å². The molecule has 25 heavy (non-hydrogen) atoms. The van der Waals surface area contributed by atoms with Crippen LogP contribution in [0.5, 0.6) is 0 Å². The number of aryl methyl sites for hydroxylation is 1. The molecule has 0 saturated heterocycles. The van der Waals surface area contributed by atoms with Crippen molar-refractivity contribution in [1.82, 2.24) is 4.57 Å². The van der Waals surface area contributed by atoms with E-state index in [1.165, 1.54) is 36.8 Å². The average Bonchev–Trinajstić information content (AvgIpc) is 3.22. The highest BCUT2D eigenvalue weighted by Crippen LogP contribution is 2.35. The minimum Gasteiger partial charge on any atom is -0.366 e. The largest absolute Gasteiger partial charge is 0.366 e. The van der Waals surface area contributed by atoms with Gasteiger partial charge in [-0.15, -0.1) is 0 Å². The number of nitrogens with two attached hydrogens (primary N) is 1. The highest BCUT2D eigenvalue weighted by Gasteiger charge is 2.21. The molecule has 0 aliphatic heterocycles. The number of benzene rings is 2. The number of carbonyl (C=O) groups excluding carboxylic acids is 1. The van der Waals surface area contributed by atoms with Crippen molar-refractivity contribution in [3.63, 3.8) is 0 Å². The molecule has 3 nitrogen and oxygen atoms in total. The predicted molar refractivity (Wildman–Crippen MR) is 104 cm³/mol. The van der Waals surface area contributed by atoms with Crippen LogP contribution in [-0.4, -0.2) is 10.5 Å². The molecule has 1 aromatic heterocycles. The molecular formula is C22H26N2O. The Hall–Kier alpha value is -2.29. The highest BCUT2D eigenvalue weighted by atomic mass is 16.1. The molecule has 2 aromatic carbocycles. The van der Waals surface area contributed by atoms with E-state index in [9.17, 15) is 4.79 Å². The molecule has 130 valence electrons. The van der Waals surface area contributed by atoms with Crippen molar-refractivity contribution in [1.29, 1.82) is 0 Å². The summed E-state index contributed by atoms with van der Waals surface area (Å²) >= 11 is 0. The maximum Gasteiger partial charge on any atom is 0.249 e. The summed E-state index contributed by atoms with van der Waals surface area (Å²) in [6.07, 6.45) is 7.53. The van der Waals surface area contributed by atoms with Crippen LogP contribution in [0.3, 0.4) is 0 Å². The van der Waals surface area contributed by atoms with Gasteiger partial charge < -0.3 is 10.3 Å². The third kappa shape index (κ3) is 2.82. The van der Waals surface area contributed by atoms with Gasteiger partial charge in [0.1, 0.15) is 0 Å². The van der Waals surface area contributed by atoms with E-state index in [4.69, 9.17) is 5.73 Å². The Morgan fingerprint density at radius 3 is 2.68 bits per heavy atom. The number of primary amides is 1. The summed E-state index contributed by atoms with van der Waals surface area (Å²) in [6, 6.07) is 12.6. The summed E-state index contributed by atoms with van der Waals surface area (Å²) in [4.78, 5) is 12.0. The second-order valence-corrected chi connectivity index (χ2v) is 7.43. The van der Waals surface area contributed by atoms with Gasteiger partial charge in [-0.05, 0) is 48.9 Å². The monoisotopic (exact) mass is 334 g/mol. The number of hydrogen-bond donors (Lipinski definition) is 1. The summed E-state index contributed by atoms with van der Waals surface area (Å²) in [5.74, 6) is 0.397. The van der Waals surface area contributed by atoms with E-state index < -0.39 is 0 Å². The first-order chi connectivity index (χ1) is 12.2. The van der Waals surface area contributed by atoms with Gasteiger partial charge in [0, 0.05) is 33.9 Å². The van der Waals surface area contributed by atoms with Gasteiger partial charge in [-0.3, -0.25) is 4.79 Å². The zero-order chi connectivity index (χ0) is 17.4. The minimum absolute atomic E-state index is 0.344. The Morgan fingerprint density at radius 2 is 1.96 bits per heavy atom. The van der Waals surface area contributed by atoms with Crippen LogP contribution >= 0.6 is 0 Å². The average molecular weight is 334 g/mol. The summed E-state index contributed by atoms with van der Waals surface area (Å²) in [7, 11) is 0. The molecule has 0 radical (unpaired) electrons. The quantitative estimate of drug-likeness (QED) is 0.698. The van der Waals surface area contributed by atoms with Crippen molar-refractivity contribution in [2.45, 2.75) is 52.0 Å². The maximum atomic E-state index is 12.0. The molecule has 1 aliphatic rings. The van der Waals surface area contributed by atoms with Crippen LogP contribution in [0.25, 0.3) is 21.8 Å². The Labute approximate surface area is 148 Å². The lowest BCUT2D eigenvalue weighted by Crippen LogP contribution is -2.11. The van der Waals surface area contributed by atoms with E-state index in [-0.39, 0.29) is 5.91 Å². The topological polar surface area (TPSA) is 48.0 Å². The van der Waals surface area contributed by atoms with Crippen LogP contribution in [0.1, 0.15) is 54.9 Å². The third-order valence-corrected chi connectivity index (χ3v) is 5.68. The molecule has 1 amide bonds. The van der Waals surface area contributed by atoms with Gasteiger partial charge in [0.25, 0.3) is 0 Å². The first-order valence-electron chi connectivity index (χ1n) is 9.52. The minimum atomic E-state index is -0.344. The fourth-order valence-electron chi connectivity index (χ4n) is 4.49. The Kier molecular flexibility index (Phi) is 4.24. The van der Waals surface area contributed by atoms with Crippen molar-refractivity contribution in [3.8, 4) is 0 Å². The van der Waals surface area contributed by atoms with Gasteiger partial charge in [0.2, 0.25) is 5.91 Å². The van der Waals surface area contributed by atoms with Crippen LogP contribution < -0.4 is 5.73 Å². The number of fused-ring (bicyclic) bond motifs is 3. The molecule has 1 fully saturated rings. The molecular weight excluding hydrogens is 308 g/mol. The molecule has 0 bridgehead atoms. The first-order valence-corrected chi connectivity index (χ1v) is 9.52. The van der Waals surface area contributed by atoms with Crippen molar-refractivity contribution in [3.05, 3.63) is 47.5 Å². The maximum absolute atomic E-state index is 12.0. The molecule has 0 spiro atoms. The van der Waals surface area contributed by atoms with E-state index >= 15 is 0 Å². The van der Waals surface area contributed by atoms with Crippen molar-refractivity contribution < 1.29 is 4.79 Å². The van der Waals surface area contributed by atoms with Crippen LogP contribution in [0.2, 0.25) is 0 Å². The second kappa shape index (κ2) is 6.55. The Bertz CT molecular complexity index is 932. The molecule has 0 unspecified atom stereocenters. The fraction of sp³-hybridized carbons (Fsp3) is 0.409. The predicted octanol–water partition coefficient (Wildman–Crippen LogP) is 5.04. The van der Waals surface area contributed by atoms with Crippen LogP contribution in [0.4, 0.5) is 0 Å². The first kappa shape index (κ1) is 16.2. The van der Waals surface area contributed by atoms with Crippen molar-refractivity contribution in [2.24, 2.45) is 11.7 Å². The Morgan fingerprint density at radius 1 is 1.16 bits per heavy atom. The normalized spacial score (nSPS) is 15.4. The SMILES string of the molecule is CCCc1ccc2c3c(C(N)=O)cccc3n(CC3CCCC3)c2c1. The van der Waals surface area contributed by atoms with Gasteiger partial charge >= 0.3 is 0 Å². The number of rotatable bonds is 5. The van der Waals surface area contributed by atoms with Gasteiger partial charge in [-0.2, -0.15) is 0 Å². The van der Waals surface area contributed by atoms with E-state index in [1.54, 1.807) is 0 Å². The number of hydrogen-bond acceptors (Lipinski definition) is 1. The van der Waals surface area contributed by atoms with Crippen LogP contribution in [0, 0.1) is 5.92 Å². The number of carbonyl (C=O) groups is 1. The number of nitrogens with zero attached hydrogens (tertiary/aromatic N) is 1. The van der Waals surface area contributed by atoms with Gasteiger partial charge in [-0.1, -0.05) is 44.4 Å². The lowest BCUT2D eigenvalue weighted by Gasteiger charge is -2.13. The zero-order valence-electron chi connectivity index (χ0n) is 14.9. The summed E-state index contributed by atoms with van der Waals surface area (Å²) in [5, 5.41) is 2.17. The summed E-state index contributed by atoms with van der Waals surface area (Å²) in [6.45, 7) is 3.25. The lowest BCUT2D eigenvalue weighted by atomic mass is 10.0. The molecule has 4 rings (SSSR count). The Balaban J connectivity index is 1.98. The van der Waals surface area contributed by atoms with E-state index in [0.29, 0.717) is 5.56 Å². The number of amides is 1. The van der Waals surface area contributed by atoms with Crippen LogP contribution in [-0.2, 0) is 13.0 Å². The molecule has 3 aromatic rings. The van der Waals surface area contributed by atoms with E-state index in [1.807, 2.05) is 12.1 Å². The molecule has 1 aliphatic carbocycles. The zero-order valence-corrected chi connectivity index (χ0v) is 14.9. The molecule has 1 heterocycles. The third-order valence-electron chi connectivity index (χ3n) is 5.68. The second-order valence-electron chi connectivity index (χ2n) is 7.43. The van der Waals surface area contributed by atoms with E-state index in [0.717, 1.165) is 41.6 Å². The summed E-state index contributed by atoms with van der Waals surface area (Å²) < 4.78 is 2.44. The van der Waals surface area contributed by atoms with Gasteiger partial charge in [0.05, 0.1) is 0 Å². The highest BCUT2D eigenvalue weighted by molar-refractivity contribution is 6.17. The molecule has 0 atom stereocenters. The lowest BCUT2D eigenvalue weighted by molar-refractivity contribution is 0.100. The molecule has 1 saturated carbocycles. The van der Waals surface area contributed by atoms with Gasteiger partial charge in [-0.25, -0.2) is 0 Å². The standard InChI is InChI=1S/C22H26N2O/c1-2-6-15-11-12-17-20(13-15)24(14-16-7-3-4-8-16)19-10-5-9-18(21(17)19)22(23)25/h5,9-13,16H,2-4,6-8,14H2,1H3,(H2,23,25). The van der Waals surface area contributed by atoms with E-state index in [2.05, 4.69) is 35.8 Å². The smallest absolute Gasteiger partial charge is 0.249 e. The van der Waals surface area contributed by atoms with Crippen molar-refractivity contribution >= 4 is 27.7 Å². The molecule has 3 heteroatoms. The van der Waals surface area contributed by atoms with Crippen molar-refractivity contribution in [2.75, 3.05) is 0 Å². The summed E-state index contributed by atoms with van der Waals surface area (Å²) in [5.41, 5.74) is 10.1.